The number of aliphatic hydroxyl groups excluding tert-OH is 2. The molecule has 0 heterocycles. The lowest BCUT2D eigenvalue weighted by Gasteiger charge is -2.19. The molecule has 1 rings (SSSR count). The summed E-state index contributed by atoms with van der Waals surface area (Å²) in [5.41, 5.74) is 1.69. The summed E-state index contributed by atoms with van der Waals surface area (Å²) in [7, 11) is 0. The van der Waals surface area contributed by atoms with Crippen molar-refractivity contribution < 1.29 is 24.9 Å². The minimum absolute atomic E-state index is 0.0840. The van der Waals surface area contributed by atoms with E-state index >= 15 is 0 Å². The van der Waals surface area contributed by atoms with Crippen LogP contribution in [0.5, 0.6) is 5.75 Å². The summed E-state index contributed by atoms with van der Waals surface area (Å²) >= 11 is 0. The number of carbonyl (C=O) groups excluding carboxylic acids is 1. The molecule has 2 atom stereocenters. The van der Waals surface area contributed by atoms with Gasteiger partial charge in [-0.1, -0.05) is 19.1 Å². The van der Waals surface area contributed by atoms with Crippen molar-refractivity contribution in [2.24, 2.45) is 0 Å². The van der Waals surface area contributed by atoms with Gasteiger partial charge in [-0.05, 0) is 30.9 Å². The lowest BCUT2D eigenvalue weighted by molar-refractivity contribution is 0.0828. The second-order valence-electron chi connectivity index (χ2n) is 4.75. The quantitative estimate of drug-likeness (QED) is 0.634. The summed E-state index contributed by atoms with van der Waals surface area (Å²) in [6.45, 7) is 3.13. The topological polar surface area (TPSA) is 87.0 Å². The van der Waals surface area contributed by atoms with Gasteiger partial charge in [0.05, 0.1) is 19.3 Å². The summed E-state index contributed by atoms with van der Waals surface area (Å²) in [6, 6.07) is 5.41. The maximum atomic E-state index is 10.2. The molecule has 0 aliphatic carbocycles. The first kappa shape index (κ1) is 16.5. The van der Waals surface area contributed by atoms with Crippen LogP contribution in [0.1, 0.15) is 36.8 Å². The van der Waals surface area contributed by atoms with Gasteiger partial charge in [-0.2, -0.15) is 0 Å². The minimum atomic E-state index is -0.810. The Morgan fingerprint density at radius 3 is 2.65 bits per heavy atom. The number of ether oxygens (including phenoxy) is 1. The zero-order chi connectivity index (χ0) is 15.0. The Morgan fingerprint density at radius 1 is 1.35 bits per heavy atom. The molecule has 0 aliphatic rings. The van der Waals surface area contributed by atoms with Crippen LogP contribution in [0.4, 0.5) is 0 Å². The highest BCUT2D eigenvalue weighted by atomic mass is 16.5. The monoisotopic (exact) mass is 281 g/mol. The van der Waals surface area contributed by atoms with Crippen LogP contribution in [-0.2, 0) is 16.0 Å². The highest BCUT2D eigenvalue weighted by Gasteiger charge is 2.18. The Labute approximate surface area is 118 Å². The van der Waals surface area contributed by atoms with Crippen LogP contribution in [0.3, 0.4) is 0 Å². The highest BCUT2D eigenvalue weighted by molar-refractivity contribution is 5.41. The Morgan fingerprint density at radius 2 is 2.10 bits per heavy atom. The first-order chi connectivity index (χ1) is 9.62. The van der Waals surface area contributed by atoms with E-state index in [2.05, 4.69) is 4.74 Å². The van der Waals surface area contributed by atoms with Crippen LogP contribution in [0.2, 0.25) is 0 Å². The van der Waals surface area contributed by atoms with Crippen molar-refractivity contribution >= 4 is 6.47 Å². The van der Waals surface area contributed by atoms with Crippen LogP contribution in [0.25, 0.3) is 0 Å². The molecule has 2 unspecified atom stereocenters. The van der Waals surface area contributed by atoms with Crippen molar-refractivity contribution in [3.05, 3.63) is 29.3 Å². The average Bonchev–Trinajstić information content (AvgIpc) is 2.47. The lowest BCUT2D eigenvalue weighted by Crippen LogP contribution is -2.16. The van der Waals surface area contributed by atoms with E-state index in [1.54, 1.807) is 12.1 Å². The highest BCUT2D eigenvalue weighted by Crippen LogP contribution is 2.31. The summed E-state index contributed by atoms with van der Waals surface area (Å²) in [4.78, 5) is 10.2. The molecule has 0 amide bonds. The maximum Gasteiger partial charge on any atom is 0.417 e. The number of hydrogen-bond donors (Lipinski definition) is 3. The number of aryl methyl sites for hydroxylation is 1. The van der Waals surface area contributed by atoms with Crippen molar-refractivity contribution in [2.75, 3.05) is 13.2 Å². The number of aromatic hydroxyl groups is 1. The lowest BCUT2D eigenvalue weighted by atomic mass is 9.92. The van der Waals surface area contributed by atoms with Crippen LogP contribution in [0.15, 0.2) is 18.2 Å². The van der Waals surface area contributed by atoms with E-state index in [-0.39, 0.29) is 24.9 Å². The largest absolute Gasteiger partial charge is 0.508 e. The van der Waals surface area contributed by atoms with Crippen LogP contribution >= 0.6 is 0 Å². The summed E-state index contributed by atoms with van der Waals surface area (Å²) < 4.78 is 4.67. The van der Waals surface area contributed by atoms with Gasteiger partial charge in [0.1, 0.15) is 5.75 Å². The van der Waals surface area contributed by atoms with E-state index in [0.717, 1.165) is 12.0 Å². The van der Waals surface area contributed by atoms with E-state index in [1.165, 1.54) is 6.47 Å². The summed E-state index contributed by atoms with van der Waals surface area (Å²) in [6.07, 6.45) is 0.857. The van der Waals surface area contributed by atoms with E-state index in [9.17, 15) is 15.0 Å². The molecule has 0 aromatic heterocycles. The zero-order valence-corrected chi connectivity index (χ0v) is 11.6. The molecule has 0 spiro atoms. The number of hydrogen-bond acceptors (Lipinski definition) is 5. The van der Waals surface area contributed by atoms with Gasteiger partial charge < -0.3 is 20.1 Å². The molecular weight excluding hydrogens is 260 g/mol. The molecule has 0 aliphatic heterocycles. The fourth-order valence-corrected chi connectivity index (χ4v) is 2.10. The molecule has 0 fully saturated rings. The molecular formula is C15H21O5. The number of rotatable bonds is 9. The molecule has 1 radical (unpaired) electrons. The Bertz CT molecular complexity index is 419. The molecule has 5 heteroatoms. The van der Waals surface area contributed by atoms with Gasteiger partial charge in [0.2, 0.25) is 0 Å². The van der Waals surface area contributed by atoms with E-state index < -0.39 is 6.10 Å². The van der Waals surface area contributed by atoms with Crippen molar-refractivity contribution in [2.45, 2.75) is 38.2 Å². The van der Waals surface area contributed by atoms with Gasteiger partial charge in [-0.3, -0.25) is 0 Å². The van der Waals surface area contributed by atoms with E-state index in [0.29, 0.717) is 18.4 Å². The fourth-order valence-electron chi connectivity index (χ4n) is 2.10. The van der Waals surface area contributed by atoms with Crippen molar-refractivity contribution in [1.82, 2.24) is 0 Å². The molecule has 111 valence electrons. The van der Waals surface area contributed by atoms with Gasteiger partial charge >= 0.3 is 6.47 Å². The van der Waals surface area contributed by atoms with E-state index in [1.807, 2.05) is 13.0 Å². The van der Waals surface area contributed by atoms with Crippen LogP contribution in [0, 0.1) is 0 Å². The Kier molecular flexibility index (Phi) is 7.04. The molecule has 0 saturated heterocycles. The van der Waals surface area contributed by atoms with E-state index in [4.69, 9.17) is 5.11 Å². The van der Waals surface area contributed by atoms with Crippen LogP contribution in [-0.4, -0.2) is 41.1 Å². The van der Waals surface area contributed by atoms with Gasteiger partial charge in [-0.15, -0.1) is 0 Å². The Balaban J connectivity index is 2.83. The smallest absolute Gasteiger partial charge is 0.417 e. The molecule has 1 aromatic rings. The number of phenolic OH excluding ortho intramolecular Hbond substituents is 1. The Hall–Kier alpha value is -1.59. The van der Waals surface area contributed by atoms with Crippen LogP contribution < -0.4 is 0 Å². The summed E-state index contributed by atoms with van der Waals surface area (Å²) in [5.74, 6) is -0.0779. The fraction of sp³-hybridized carbons (Fsp3) is 0.533. The van der Waals surface area contributed by atoms with Gasteiger partial charge in [0.25, 0.3) is 0 Å². The normalized spacial score (nSPS) is 13.8. The number of phenols is 1. The van der Waals surface area contributed by atoms with Crippen molar-refractivity contribution in [3.8, 4) is 5.75 Å². The number of benzene rings is 1. The second-order valence-corrected chi connectivity index (χ2v) is 4.75. The maximum absolute atomic E-state index is 10.2. The standard InChI is InChI=1S/C15H21O5/c1-2-11-3-6-14(15(19)7-11)12(9-20-10-17)4-5-13(18)8-16/h3,6-7,12-13,16,18-19H,2,4-5,8-9H2,1H3. The third-order valence-corrected chi connectivity index (χ3v) is 3.35. The molecule has 1 aromatic carbocycles. The molecule has 5 nitrogen and oxygen atoms in total. The molecule has 20 heavy (non-hydrogen) atoms. The predicted octanol–water partition coefficient (Wildman–Crippen LogP) is 1.26. The molecule has 0 bridgehead atoms. The first-order valence-electron chi connectivity index (χ1n) is 6.72. The third-order valence-electron chi connectivity index (χ3n) is 3.35. The first-order valence-corrected chi connectivity index (χ1v) is 6.72. The second kappa shape index (κ2) is 8.55. The van der Waals surface area contributed by atoms with Crippen molar-refractivity contribution in [1.29, 1.82) is 0 Å². The SMILES string of the molecule is CCc1ccc(C(CCC(O)CO)CO[C]=O)c(O)c1. The molecule has 0 saturated carbocycles. The zero-order valence-electron chi connectivity index (χ0n) is 11.6. The van der Waals surface area contributed by atoms with Gasteiger partial charge in [-0.25, -0.2) is 4.79 Å². The molecule has 3 N–H and O–H groups in total. The predicted molar refractivity (Wildman–Crippen MR) is 74.2 cm³/mol. The average molecular weight is 281 g/mol. The van der Waals surface area contributed by atoms with Crippen molar-refractivity contribution in [3.63, 3.8) is 0 Å². The van der Waals surface area contributed by atoms with Gasteiger partial charge in [0, 0.05) is 11.5 Å². The summed E-state index contributed by atoms with van der Waals surface area (Å²) in [5, 5.41) is 28.3. The van der Waals surface area contributed by atoms with Gasteiger partial charge in [0.15, 0.2) is 0 Å². The minimum Gasteiger partial charge on any atom is -0.508 e. The number of aliphatic hydroxyl groups is 2. The third kappa shape index (κ3) is 4.83.